The summed E-state index contributed by atoms with van der Waals surface area (Å²) in [7, 11) is 0. The number of hydrogen-bond acceptors (Lipinski definition) is 3. The molecule has 22 heavy (non-hydrogen) atoms. The molecule has 0 aromatic heterocycles. The lowest BCUT2D eigenvalue weighted by molar-refractivity contribution is -0.147. The molecule has 122 valence electrons. The van der Waals surface area contributed by atoms with Crippen LogP contribution in [0.2, 0.25) is 0 Å². The van der Waals surface area contributed by atoms with Crippen molar-refractivity contribution >= 4 is 18.3 Å². The van der Waals surface area contributed by atoms with Crippen LogP contribution in [0.4, 0.5) is 0 Å². The zero-order valence-electron chi connectivity index (χ0n) is 13.1. The smallest absolute Gasteiger partial charge is 0.256 e. The molecular weight excluding hydrogens is 300 g/mol. The average Bonchev–Trinajstić information content (AvgIpc) is 3.05. The van der Waals surface area contributed by atoms with Gasteiger partial charge in [-0.15, -0.1) is 12.4 Å². The van der Waals surface area contributed by atoms with E-state index in [2.05, 4.69) is 18.3 Å². The molecule has 2 aliphatic heterocycles. The van der Waals surface area contributed by atoms with Crippen LogP contribution in [0.3, 0.4) is 0 Å². The summed E-state index contributed by atoms with van der Waals surface area (Å²) in [6.07, 6.45) is 2.51. The van der Waals surface area contributed by atoms with Gasteiger partial charge in [-0.1, -0.05) is 31.2 Å². The maximum atomic E-state index is 13.0. The molecule has 5 heteroatoms. The molecule has 2 aliphatic rings. The lowest BCUT2D eigenvalue weighted by atomic mass is 9.96. The normalized spacial score (nSPS) is 23.5. The third kappa shape index (κ3) is 3.45. The summed E-state index contributed by atoms with van der Waals surface area (Å²) in [6, 6.07) is 8.49. The summed E-state index contributed by atoms with van der Waals surface area (Å²) in [5.41, 5.74) is 2.31. The van der Waals surface area contributed by atoms with Crippen molar-refractivity contribution in [3.8, 4) is 0 Å². The fourth-order valence-electron chi connectivity index (χ4n) is 3.37. The first-order valence-corrected chi connectivity index (χ1v) is 8.02. The summed E-state index contributed by atoms with van der Waals surface area (Å²) in [5, 5.41) is 3.35. The van der Waals surface area contributed by atoms with Crippen LogP contribution >= 0.6 is 12.4 Å². The van der Waals surface area contributed by atoms with Crippen LogP contribution in [0.5, 0.6) is 0 Å². The van der Waals surface area contributed by atoms with E-state index in [1.54, 1.807) is 0 Å². The predicted octanol–water partition coefficient (Wildman–Crippen LogP) is 2.32. The molecule has 1 N–H and O–H groups in total. The number of nitrogens with zero attached hydrogens (tertiary/aromatic N) is 1. The van der Waals surface area contributed by atoms with Gasteiger partial charge in [0.25, 0.3) is 5.91 Å². The molecular formula is C17H25ClN2O2. The number of carbonyl (C=O) groups is 1. The molecule has 2 unspecified atom stereocenters. The van der Waals surface area contributed by atoms with Gasteiger partial charge in [0, 0.05) is 19.1 Å². The minimum atomic E-state index is -0.415. The molecule has 0 saturated carbocycles. The Morgan fingerprint density at radius 1 is 1.41 bits per heavy atom. The standard InChI is InChI=1S/C17H24N2O2.ClH/c1-2-10-19(14-7-9-18-12-14)17(20)16-15-6-4-3-5-13(15)8-11-21-16;/h3-6,14,16,18H,2,7-12H2,1H3;1H. The van der Waals surface area contributed by atoms with E-state index in [0.29, 0.717) is 12.6 Å². The van der Waals surface area contributed by atoms with Crippen molar-refractivity contribution in [2.24, 2.45) is 0 Å². The second-order valence-electron chi connectivity index (χ2n) is 5.88. The number of halogens is 1. The van der Waals surface area contributed by atoms with E-state index in [1.807, 2.05) is 23.1 Å². The van der Waals surface area contributed by atoms with E-state index < -0.39 is 6.10 Å². The van der Waals surface area contributed by atoms with Gasteiger partial charge in [-0.25, -0.2) is 0 Å². The van der Waals surface area contributed by atoms with Crippen LogP contribution in [0.1, 0.15) is 37.0 Å². The first kappa shape index (κ1) is 17.3. The predicted molar refractivity (Wildman–Crippen MR) is 89.4 cm³/mol. The Morgan fingerprint density at radius 3 is 2.95 bits per heavy atom. The van der Waals surface area contributed by atoms with Crippen LogP contribution in [0.25, 0.3) is 0 Å². The molecule has 1 amide bonds. The van der Waals surface area contributed by atoms with Crippen molar-refractivity contribution in [3.05, 3.63) is 35.4 Å². The number of hydrogen-bond donors (Lipinski definition) is 1. The van der Waals surface area contributed by atoms with E-state index in [0.717, 1.165) is 44.5 Å². The van der Waals surface area contributed by atoms with Gasteiger partial charge in [-0.05, 0) is 36.9 Å². The van der Waals surface area contributed by atoms with Crippen molar-refractivity contribution in [2.75, 3.05) is 26.2 Å². The van der Waals surface area contributed by atoms with Crippen molar-refractivity contribution in [1.29, 1.82) is 0 Å². The molecule has 0 bridgehead atoms. The monoisotopic (exact) mass is 324 g/mol. The van der Waals surface area contributed by atoms with Crippen molar-refractivity contribution in [1.82, 2.24) is 10.2 Å². The quantitative estimate of drug-likeness (QED) is 0.924. The number of carbonyl (C=O) groups excluding carboxylic acids is 1. The number of rotatable bonds is 4. The molecule has 4 nitrogen and oxygen atoms in total. The fraction of sp³-hybridized carbons (Fsp3) is 0.588. The molecule has 0 aliphatic carbocycles. The molecule has 1 saturated heterocycles. The molecule has 1 aromatic carbocycles. The second kappa shape index (κ2) is 7.95. The Kier molecular flexibility index (Phi) is 6.24. The van der Waals surface area contributed by atoms with E-state index in [1.165, 1.54) is 5.56 Å². The van der Waals surface area contributed by atoms with E-state index >= 15 is 0 Å². The molecule has 0 spiro atoms. The third-order valence-electron chi connectivity index (χ3n) is 4.44. The van der Waals surface area contributed by atoms with E-state index in [4.69, 9.17) is 4.74 Å². The van der Waals surface area contributed by atoms with Crippen LogP contribution < -0.4 is 5.32 Å². The van der Waals surface area contributed by atoms with Gasteiger partial charge in [-0.2, -0.15) is 0 Å². The Bertz CT molecular complexity index is 503. The highest BCUT2D eigenvalue weighted by Crippen LogP contribution is 2.29. The average molecular weight is 325 g/mol. The number of benzene rings is 1. The zero-order valence-corrected chi connectivity index (χ0v) is 13.9. The summed E-state index contributed by atoms with van der Waals surface area (Å²) >= 11 is 0. The number of ether oxygens (including phenoxy) is 1. The first-order chi connectivity index (χ1) is 10.3. The zero-order chi connectivity index (χ0) is 14.7. The molecule has 1 fully saturated rings. The molecule has 2 heterocycles. The molecule has 0 radical (unpaired) electrons. The topological polar surface area (TPSA) is 41.6 Å². The summed E-state index contributed by atoms with van der Waals surface area (Å²) in [4.78, 5) is 15.0. The summed E-state index contributed by atoms with van der Waals surface area (Å²) < 4.78 is 5.84. The third-order valence-corrected chi connectivity index (χ3v) is 4.44. The Labute approximate surface area is 138 Å². The molecule has 2 atom stereocenters. The van der Waals surface area contributed by atoms with Gasteiger partial charge in [0.1, 0.15) is 0 Å². The van der Waals surface area contributed by atoms with Crippen LogP contribution in [-0.4, -0.2) is 43.1 Å². The number of fused-ring (bicyclic) bond motifs is 1. The van der Waals surface area contributed by atoms with Gasteiger partial charge in [-0.3, -0.25) is 4.79 Å². The van der Waals surface area contributed by atoms with E-state index in [9.17, 15) is 4.79 Å². The Hall–Kier alpha value is -1.10. The number of nitrogens with one attached hydrogen (secondary N) is 1. The van der Waals surface area contributed by atoms with E-state index in [-0.39, 0.29) is 18.3 Å². The highest BCUT2D eigenvalue weighted by atomic mass is 35.5. The maximum absolute atomic E-state index is 13.0. The molecule has 3 rings (SSSR count). The van der Waals surface area contributed by atoms with Gasteiger partial charge in [0.15, 0.2) is 6.10 Å². The van der Waals surface area contributed by atoms with Gasteiger partial charge in [0.05, 0.1) is 6.61 Å². The highest BCUT2D eigenvalue weighted by molar-refractivity contribution is 5.85. The number of amides is 1. The fourth-order valence-corrected chi connectivity index (χ4v) is 3.37. The van der Waals surface area contributed by atoms with Gasteiger partial charge >= 0.3 is 0 Å². The van der Waals surface area contributed by atoms with Crippen LogP contribution in [0, 0.1) is 0 Å². The van der Waals surface area contributed by atoms with Gasteiger partial charge < -0.3 is 15.0 Å². The van der Waals surface area contributed by atoms with Crippen LogP contribution in [0.15, 0.2) is 24.3 Å². The lowest BCUT2D eigenvalue weighted by Crippen LogP contribution is -2.45. The SMILES string of the molecule is CCCN(C(=O)C1OCCc2ccccc21)C1CCNC1.Cl. The minimum absolute atomic E-state index is 0. The van der Waals surface area contributed by atoms with Crippen molar-refractivity contribution in [3.63, 3.8) is 0 Å². The Balaban J connectivity index is 0.00000176. The lowest BCUT2D eigenvalue weighted by Gasteiger charge is -2.34. The maximum Gasteiger partial charge on any atom is 0.256 e. The van der Waals surface area contributed by atoms with Crippen LogP contribution in [-0.2, 0) is 16.0 Å². The van der Waals surface area contributed by atoms with Gasteiger partial charge in [0.2, 0.25) is 0 Å². The largest absolute Gasteiger partial charge is 0.363 e. The summed E-state index contributed by atoms with van der Waals surface area (Å²) in [5.74, 6) is 0.137. The highest BCUT2D eigenvalue weighted by Gasteiger charge is 2.34. The minimum Gasteiger partial charge on any atom is -0.363 e. The summed E-state index contributed by atoms with van der Waals surface area (Å²) in [6.45, 7) is 5.47. The van der Waals surface area contributed by atoms with Crippen molar-refractivity contribution in [2.45, 2.75) is 38.3 Å². The van der Waals surface area contributed by atoms with Crippen molar-refractivity contribution < 1.29 is 9.53 Å². The Morgan fingerprint density at radius 2 is 2.23 bits per heavy atom. The second-order valence-corrected chi connectivity index (χ2v) is 5.88. The molecule has 1 aromatic rings. The first-order valence-electron chi connectivity index (χ1n) is 8.02.